The summed E-state index contributed by atoms with van der Waals surface area (Å²) in [5.41, 5.74) is 5.04. The highest BCUT2D eigenvalue weighted by molar-refractivity contribution is 7.81. The average Bonchev–Trinajstić information content (AvgIpc) is 2.93. The molecule has 0 aliphatic rings. The Morgan fingerprint density at radius 2 is 1.69 bits per heavy atom. The van der Waals surface area contributed by atoms with Crippen LogP contribution in [-0.4, -0.2) is 43.9 Å². The quantitative estimate of drug-likeness (QED) is 0.0849. The molecule has 0 radical (unpaired) electrons. The van der Waals surface area contributed by atoms with E-state index in [1.165, 1.54) is 0 Å². The van der Waals surface area contributed by atoms with Crippen molar-refractivity contribution in [2.24, 2.45) is 0 Å². The molecule has 11 heteroatoms. The molecule has 1 amide bonds. The first-order valence-electron chi connectivity index (χ1n) is 12.7. The van der Waals surface area contributed by atoms with E-state index < -0.39 is 7.60 Å². The number of ether oxygens (including phenoxy) is 1. The van der Waals surface area contributed by atoms with E-state index in [4.69, 9.17) is 18.8 Å². The lowest BCUT2D eigenvalue weighted by Gasteiger charge is -2.18. The van der Waals surface area contributed by atoms with E-state index in [2.05, 4.69) is 28.2 Å². The van der Waals surface area contributed by atoms with Crippen molar-refractivity contribution in [2.75, 3.05) is 43.1 Å². The number of para-hydroxylation sites is 2. The predicted octanol–water partition coefficient (Wildman–Crippen LogP) is 6.70. The number of aryl methyl sites for hydroxylation is 1. The number of hydrogen-bond acceptors (Lipinski definition) is 9. The molecule has 0 saturated heterocycles. The number of anilines is 3. The van der Waals surface area contributed by atoms with Crippen molar-refractivity contribution in [3.63, 3.8) is 0 Å². The van der Waals surface area contributed by atoms with Crippen molar-refractivity contribution in [3.05, 3.63) is 65.7 Å². The van der Waals surface area contributed by atoms with Crippen molar-refractivity contribution in [2.45, 2.75) is 20.8 Å². The Kier molecular flexibility index (Phi) is 9.35. The van der Waals surface area contributed by atoms with Gasteiger partial charge < -0.3 is 29.1 Å². The number of rotatable bonds is 12. The van der Waals surface area contributed by atoms with Crippen LogP contribution in [0, 0.1) is 6.92 Å². The van der Waals surface area contributed by atoms with Gasteiger partial charge in [-0.05, 0) is 44.5 Å². The Morgan fingerprint density at radius 3 is 2.36 bits per heavy atom. The number of thiol groups is 1. The summed E-state index contributed by atoms with van der Waals surface area (Å²) in [7, 11) is -1.67. The van der Waals surface area contributed by atoms with Gasteiger partial charge in [-0.3, -0.25) is 9.36 Å². The maximum absolute atomic E-state index is 13.3. The highest BCUT2D eigenvalue weighted by atomic mass is 32.1. The number of amides is 1. The number of nitrogens with one attached hydrogen (secondary N) is 3. The summed E-state index contributed by atoms with van der Waals surface area (Å²) in [6.07, 6.45) is 0.0738. The average molecular weight is 569 g/mol. The van der Waals surface area contributed by atoms with Crippen molar-refractivity contribution < 1.29 is 23.1 Å². The lowest BCUT2D eigenvalue weighted by atomic mass is 10.0. The number of methoxy groups -OCH3 is 1. The van der Waals surface area contributed by atoms with Crippen LogP contribution in [0.1, 0.15) is 29.8 Å². The number of carbonyl (C=O) groups is 1. The molecule has 9 nitrogen and oxygen atoms in total. The van der Waals surface area contributed by atoms with Crippen LogP contribution in [0.25, 0.3) is 21.8 Å². The van der Waals surface area contributed by atoms with Gasteiger partial charge in [-0.15, -0.1) is 0 Å². The third-order valence-corrected chi connectivity index (χ3v) is 8.53. The van der Waals surface area contributed by atoms with E-state index in [9.17, 15) is 9.36 Å². The molecule has 3 N–H and O–H groups in total. The van der Waals surface area contributed by atoms with Gasteiger partial charge in [-0.2, -0.15) is 0 Å². The summed E-state index contributed by atoms with van der Waals surface area (Å²) in [4.78, 5) is 18.3. The molecule has 3 aromatic carbocycles. The monoisotopic (exact) mass is 568 g/mol. The molecular formula is C28H33N4O5PS. The van der Waals surface area contributed by atoms with E-state index >= 15 is 0 Å². The van der Waals surface area contributed by atoms with Gasteiger partial charge in [-0.25, -0.2) is 4.98 Å². The summed E-state index contributed by atoms with van der Waals surface area (Å²) in [6.45, 7) is 6.16. The number of pyridine rings is 1. The van der Waals surface area contributed by atoms with Crippen LogP contribution in [0.15, 0.2) is 54.6 Å². The molecule has 0 bridgehead atoms. The molecule has 0 aliphatic carbocycles. The highest BCUT2D eigenvalue weighted by Gasteiger charge is 2.24. The van der Waals surface area contributed by atoms with Gasteiger partial charge in [0.25, 0.3) is 5.91 Å². The fourth-order valence-corrected chi connectivity index (χ4v) is 6.05. The molecule has 1 heterocycles. The lowest BCUT2D eigenvalue weighted by Crippen LogP contribution is -2.27. The second-order valence-corrected chi connectivity index (χ2v) is 11.1. The number of hydrogen-bond donors (Lipinski definition) is 4. The molecule has 0 atom stereocenters. The van der Waals surface area contributed by atoms with Crippen molar-refractivity contribution in [1.82, 2.24) is 10.3 Å². The minimum atomic E-state index is -3.28. The van der Waals surface area contributed by atoms with Crippen molar-refractivity contribution in [3.8, 4) is 5.75 Å². The number of benzene rings is 3. The first-order chi connectivity index (χ1) is 18.8. The van der Waals surface area contributed by atoms with Crippen LogP contribution in [0.3, 0.4) is 0 Å². The predicted molar refractivity (Wildman–Crippen MR) is 161 cm³/mol. The topological polar surface area (TPSA) is 111 Å². The summed E-state index contributed by atoms with van der Waals surface area (Å²) < 4.78 is 31.9. The van der Waals surface area contributed by atoms with Crippen LogP contribution < -0.4 is 20.1 Å². The zero-order chi connectivity index (χ0) is 28.0. The molecule has 4 aromatic rings. The van der Waals surface area contributed by atoms with Gasteiger partial charge in [0.05, 0.1) is 54.5 Å². The van der Waals surface area contributed by atoms with Gasteiger partial charge in [0.15, 0.2) is 0 Å². The Labute approximate surface area is 233 Å². The second-order valence-electron chi connectivity index (χ2n) is 8.74. The molecule has 0 saturated carbocycles. The molecular weight excluding hydrogens is 535 g/mol. The SMILES string of the molecule is CCOP(=O)(CCNC(=O)c1cccc2c(Nc3ccc(NS)cc3OC)c3cccc(C)c3nc12)OCC. The highest BCUT2D eigenvalue weighted by Crippen LogP contribution is 2.47. The van der Waals surface area contributed by atoms with E-state index in [1.807, 2.05) is 55.5 Å². The van der Waals surface area contributed by atoms with Gasteiger partial charge in [0.1, 0.15) is 5.75 Å². The van der Waals surface area contributed by atoms with Gasteiger partial charge in [-0.1, -0.05) is 43.1 Å². The van der Waals surface area contributed by atoms with E-state index in [0.717, 1.165) is 38.9 Å². The van der Waals surface area contributed by atoms with Crippen LogP contribution in [-0.2, 0) is 13.6 Å². The number of nitrogens with zero attached hydrogens (tertiary/aromatic N) is 1. The molecule has 0 unspecified atom stereocenters. The smallest absolute Gasteiger partial charge is 0.332 e. The summed E-state index contributed by atoms with van der Waals surface area (Å²) in [5, 5.41) is 8.07. The zero-order valence-corrected chi connectivity index (χ0v) is 24.2. The first-order valence-corrected chi connectivity index (χ1v) is 14.8. The second kappa shape index (κ2) is 12.7. The third kappa shape index (κ3) is 6.31. The fourth-order valence-electron chi connectivity index (χ4n) is 4.41. The van der Waals surface area contributed by atoms with Crippen LogP contribution in [0.2, 0.25) is 0 Å². The van der Waals surface area contributed by atoms with Crippen LogP contribution in [0.5, 0.6) is 5.75 Å². The van der Waals surface area contributed by atoms with E-state index in [-0.39, 0.29) is 31.8 Å². The van der Waals surface area contributed by atoms with Gasteiger partial charge in [0.2, 0.25) is 0 Å². The maximum Gasteiger partial charge on any atom is 0.332 e. The molecule has 0 spiro atoms. The Balaban J connectivity index is 1.76. The number of carbonyl (C=O) groups excluding carboxylic acids is 1. The van der Waals surface area contributed by atoms with Crippen molar-refractivity contribution >= 4 is 65.2 Å². The lowest BCUT2D eigenvalue weighted by molar-refractivity contribution is 0.0957. The normalized spacial score (nSPS) is 11.5. The largest absolute Gasteiger partial charge is 0.494 e. The first kappa shape index (κ1) is 28.7. The molecule has 0 aliphatic heterocycles. The summed E-state index contributed by atoms with van der Waals surface area (Å²) in [6, 6.07) is 17.1. The Morgan fingerprint density at radius 1 is 1.00 bits per heavy atom. The molecule has 1 aromatic heterocycles. The molecule has 39 heavy (non-hydrogen) atoms. The van der Waals surface area contributed by atoms with Crippen LogP contribution >= 0.6 is 20.4 Å². The fraction of sp³-hybridized carbons (Fsp3) is 0.286. The zero-order valence-electron chi connectivity index (χ0n) is 22.4. The van der Waals surface area contributed by atoms with Crippen molar-refractivity contribution in [1.29, 1.82) is 0 Å². The minimum Gasteiger partial charge on any atom is -0.494 e. The molecule has 0 fully saturated rings. The summed E-state index contributed by atoms with van der Waals surface area (Å²) in [5.74, 6) is 0.301. The van der Waals surface area contributed by atoms with Crippen LogP contribution in [0.4, 0.5) is 17.1 Å². The van der Waals surface area contributed by atoms with Gasteiger partial charge >= 0.3 is 7.60 Å². The van der Waals surface area contributed by atoms with Gasteiger partial charge in [0, 0.05) is 29.1 Å². The third-order valence-electron chi connectivity index (χ3n) is 6.19. The standard InChI is InChI=1S/C28H33N4O5PS/c1-5-36-38(34,37-6-2)16-15-29-28(33)22-12-8-11-21-26(20-10-7-9-18(3)25(20)31-27(21)22)30-23-14-13-19(32-39)17-24(23)35-4/h7-14,17,32,39H,5-6,15-16H2,1-4H3,(H,29,33)(H,30,31). The van der Waals surface area contributed by atoms with E-state index in [1.54, 1.807) is 27.0 Å². The maximum atomic E-state index is 13.3. The minimum absolute atomic E-state index is 0.0738. The molecule has 4 rings (SSSR count). The number of aromatic nitrogens is 1. The summed E-state index contributed by atoms with van der Waals surface area (Å²) >= 11 is 4.13. The Bertz CT molecular complexity index is 1540. The van der Waals surface area contributed by atoms with E-state index in [0.29, 0.717) is 16.8 Å². The molecule has 206 valence electrons. The Hall–Kier alpha value is -3.30. The number of fused-ring (bicyclic) bond motifs is 2.